The standard InChI is InChI=1S/C29H32ClN3O4/c1-3-5-18-31(26(34)16-17-28(36)37-4-2)20-27(35)33-24-10-7-6-9-23(24)32-19-8-11-25(32)29(33)21-12-14-22(30)15-13-21/h6-15,19,29H,3-5,16-18,20H2,1-2H3. The zero-order valence-corrected chi connectivity index (χ0v) is 22.0. The molecule has 0 bridgehead atoms. The van der Waals surface area contributed by atoms with Crippen LogP contribution in [-0.2, 0) is 19.1 Å². The molecule has 0 fully saturated rings. The predicted octanol–water partition coefficient (Wildman–Crippen LogP) is 5.54. The summed E-state index contributed by atoms with van der Waals surface area (Å²) in [6.45, 7) is 4.40. The molecule has 0 saturated carbocycles. The number of anilines is 1. The Morgan fingerprint density at radius 3 is 2.38 bits per heavy atom. The molecule has 2 aromatic carbocycles. The van der Waals surface area contributed by atoms with E-state index in [2.05, 4.69) is 4.57 Å². The molecule has 2 amide bonds. The average Bonchev–Trinajstić information content (AvgIpc) is 3.39. The smallest absolute Gasteiger partial charge is 0.306 e. The van der Waals surface area contributed by atoms with Crippen LogP contribution in [0.3, 0.4) is 0 Å². The van der Waals surface area contributed by atoms with Gasteiger partial charge in [0.2, 0.25) is 11.8 Å². The molecule has 0 spiro atoms. The third-order valence-electron chi connectivity index (χ3n) is 6.48. The number of nitrogens with zero attached hydrogens (tertiary/aromatic N) is 3. The zero-order valence-electron chi connectivity index (χ0n) is 21.2. The number of halogens is 1. The average molecular weight is 522 g/mol. The van der Waals surface area contributed by atoms with Crippen molar-refractivity contribution in [3.8, 4) is 5.69 Å². The number of unbranched alkanes of at least 4 members (excludes halogenated alkanes) is 1. The van der Waals surface area contributed by atoms with Crippen molar-refractivity contribution >= 4 is 35.1 Å². The predicted molar refractivity (Wildman–Crippen MR) is 144 cm³/mol. The Labute approximate surface area is 222 Å². The summed E-state index contributed by atoms with van der Waals surface area (Å²) in [5.41, 5.74) is 3.53. The Kier molecular flexibility index (Phi) is 8.66. The molecule has 7 nitrogen and oxygen atoms in total. The number of ether oxygens (including phenoxy) is 1. The fourth-order valence-electron chi connectivity index (χ4n) is 4.70. The van der Waals surface area contributed by atoms with Crippen LogP contribution in [0.25, 0.3) is 5.69 Å². The SMILES string of the molecule is CCCCN(CC(=O)N1c2ccccc2-n2cccc2C1c1ccc(Cl)cc1)C(=O)CCC(=O)OCC. The number of rotatable bonds is 10. The highest BCUT2D eigenvalue weighted by molar-refractivity contribution is 6.30. The van der Waals surface area contributed by atoms with Gasteiger partial charge in [-0.05, 0) is 55.3 Å². The lowest BCUT2D eigenvalue weighted by Gasteiger charge is -2.39. The first-order valence-electron chi connectivity index (χ1n) is 12.7. The van der Waals surface area contributed by atoms with Gasteiger partial charge in [-0.2, -0.15) is 0 Å². The Hall–Kier alpha value is -3.58. The number of hydrogen-bond donors (Lipinski definition) is 0. The van der Waals surface area contributed by atoms with Crippen molar-refractivity contribution in [1.82, 2.24) is 9.47 Å². The summed E-state index contributed by atoms with van der Waals surface area (Å²) in [7, 11) is 0. The highest BCUT2D eigenvalue weighted by Crippen LogP contribution is 2.42. The molecule has 1 aromatic heterocycles. The van der Waals surface area contributed by atoms with Crippen molar-refractivity contribution in [1.29, 1.82) is 0 Å². The number of hydrogen-bond acceptors (Lipinski definition) is 4. The second-order valence-electron chi connectivity index (χ2n) is 8.98. The van der Waals surface area contributed by atoms with Crippen LogP contribution in [0, 0.1) is 0 Å². The van der Waals surface area contributed by atoms with Gasteiger partial charge in [0.05, 0.1) is 30.1 Å². The number of aromatic nitrogens is 1. The van der Waals surface area contributed by atoms with Gasteiger partial charge in [0.25, 0.3) is 0 Å². The lowest BCUT2D eigenvalue weighted by Crippen LogP contribution is -2.47. The zero-order chi connectivity index (χ0) is 26.4. The number of esters is 1. The molecule has 194 valence electrons. The van der Waals surface area contributed by atoms with Gasteiger partial charge >= 0.3 is 5.97 Å². The molecule has 3 aromatic rings. The summed E-state index contributed by atoms with van der Waals surface area (Å²) in [5, 5.41) is 0.617. The molecule has 1 unspecified atom stereocenters. The monoisotopic (exact) mass is 521 g/mol. The molecule has 8 heteroatoms. The summed E-state index contributed by atoms with van der Waals surface area (Å²) >= 11 is 6.17. The Balaban J connectivity index is 1.67. The molecule has 1 atom stereocenters. The van der Waals surface area contributed by atoms with Crippen LogP contribution < -0.4 is 4.90 Å². The van der Waals surface area contributed by atoms with Crippen molar-refractivity contribution in [2.75, 3.05) is 24.6 Å². The third kappa shape index (κ3) is 5.88. The van der Waals surface area contributed by atoms with E-state index in [0.717, 1.165) is 35.5 Å². The molecule has 0 N–H and O–H groups in total. The van der Waals surface area contributed by atoms with Crippen LogP contribution in [0.15, 0.2) is 66.9 Å². The van der Waals surface area contributed by atoms with E-state index in [0.29, 0.717) is 11.6 Å². The van der Waals surface area contributed by atoms with E-state index in [-0.39, 0.29) is 37.8 Å². The minimum absolute atomic E-state index is 0.00302. The van der Waals surface area contributed by atoms with Crippen LogP contribution in [0.5, 0.6) is 0 Å². The van der Waals surface area contributed by atoms with Gasteiger partial charge in [0.15, 0.2) is 0 Å². The van der Waals surface area contributed by atoms with E-state index < -0.39 is 12.0 Å². The first-order valence-corrected chi connectivity index (χ1v) is 13.1. The van der Waals surface area contributed by atoms with Gasteiger partial charge < -0.3 is 14.2 Å². The molecule has 1 aliphatic rings. The molecular formula is C29H32ClN3O4. The number of benzene rings is 2. The van der Waals surface area contributed by atoms with Crippen LogP contribution in [0.2, 0.25) is 5.02 Å². The fourth-order valence-corrected chi connectivity index (χ4v) is 4.83. The minimum Gasteiger partial charge on any atom is -0.466 e. The lowest BCUT2D eigenvalue weighted by atomic mass is 9.97. The highest BCUT2D eigenvalue weighted by Gasteiger charge is 2.36. The minimum atomic E-state index is -0.411. The van der Waals surface area contributed by atoms with Crippen molar-refractivity contribution in [2.45, 2.75) is 45.6 Å². The van der Waals surface area contributed by atoms with Crippen molar-refractivity contribution in [2.24, 2.45) is 0 Å². The first kappa shape index (κ1) is 26.5. The number of amides is 2. The normalized spacial score (nSPS) is 14.0. The molecule has 0 radical (unpaired) electrons. The Morgan fingerprint density at radius 2 is 1.68 bits per heavy atom. The number of fused-ring (bicyclic) bond motifs is 3. The number of carbonyl (C=O) groups is 3. The maximum atomic E-state index is 14.1. The molecule has 4 rings (SSSR count). The maximum Gasteiger partial charge on any atom is 0.306 e. The Bertz CT molecular complexity index is 1250. The summed E-state index contributed by atoms with van der Waals surface area (Å²) in [5.74, 6) is -0.835. The number of para-hydroxylation sites is 2. The van der Waals surface area contributed by atoms with E-state index in [1.54, 1.807) is 16.7 Å². The molecular weight excluding hydrogens is 490 g/mol. The van der Waals surface area contributed by atoms with Gasteiger partial charge in [0.1, 0.15) is 12.6 Å². The molecule has 0 saturated heterocycles. The summed E-state index contributed by atoms with van der Waals surface area (Å²) in [4.78, 5) is 42.3. The first-order chi connectivity index (χ1) is 17.9. The molecule has 37 heavy (non-hydrogen) atoms. The summed E-state index contributed by atoms with van der Waals surface area (Å²) < 4.78 is 7.06. The van der Waals surface area contributed by atoms with E-state index in [1.165, 1.54) is 0 Å². The van der Waals surface area contributed by atoms with Gasteiger partial charge in [-0.3, -0.25) is 19.3 Å². The van der Waals surface area contributed by atoms with E-state index in [4.69, 9.17) is 16.3 Å². The summed E-state index contributed by atoms with van der Waals surface area (Å²) in [6, 6.07) is 18.8. The van der Waals surface area contributed by atoms with Gasteiger partial charge in [-0.1, -0.05) is 49.2 Å². The largest absolute Gasteiger partial charge is 0.466 e. The van der Waals surface area contributed by atoms with Gasteiger partial charge in [-0.25, -0.2) is 0 Å². The van der Waals surface area contributed by atoms with Crippen LogP contribution >= 0.6 is 11.6 Å². The van der Waals surface area contributed by atoms with Crippen molar-refractivity contribution in [3.63, 3.8) is 0 Å². The van der Waals surface area contributed by atoms with Crippen LogP contribution in [-0.4, -0.2) is 46.9 Å². The third-order valence-corrected chi connectivity index (χ3v) is 6.73. The lowest BCUT2D eigenvalue weighted by molar-refractivity contribution is -0.146. The van der Waals surface area contributed by atoms with Crippen molar-refractivity contribution in [3.05, 3.63) is 83.1 Å². The second-order valence-corrected chi connectivity index (χ2v) is 9.42. The Morgan fingerprint density at radius 1 is 0.946 bits per heavy atom. The van der Waals surface area contributed by atoms with E-state index >= 15 is 0 Å². The van der Waals surface area contributed by atoms with Gasteiger partial charge in [-0.15, -0.1) is 0 Å². The quantitative estimate of drug-likeness (QED) is 0.328. The van der Waals surface area contributed by atoms with Crippen molar-refractivity contribution < 1.29 is 19.1 Å². The topological polar surface area (TPSA) is 71.9 Å². The molecule has 1 aliphatic heterocycles. The van der Waals surface area contributed by atoms with E-state index in [1.807, 2.05) is 73.8 Å². The summed E-state index contributed by atoms with van der Waals surface area (Å²) in [6.07, 6.45) is 3.64. The van der Waals surface area contributed by atoms with Crippen LogP contribution in [0.1, 0.15) is 56.8 Å². The van der Waals surface area contributed by atoms with Gasteiger partial charge in [0, 0.05) is 24.2 Å². The fraction of sp³-hybridized carbons (Fsp3) is 0.345. The maximum absolute atomic E-state index is 14.1. The highest BCUT2D eigenvalue weighted by atomic mass is 35.5. The molecule has 2 heterocycles. The number of carbonyl (C=O) groups excluding carboxylic acids is 3. The second kappa shape index (κ2) is 12.1. The molecule has 0 aliphatic carbocycles. The van der Waals surface area contributed by atoms with Crippen LogP contribution in [0.4, 0.5) is 5.69 Å². The van der Waals surface area contributed by atoms with E-state index in [9.17, 15) is 14.4 Å².